The standard InChI is InChI=1S/C28H35N5O4S/c1-28(13-14-28)38(35,36)31-27(34)22-17-23(32-15-11-19(12-16-32)18-37-2)24-25(20-7-6-8-20)30-33(26(24)29-22)21-9-4-3-5-10-21/h3-5,9-10,17,19-20H,6-8,11-16,18H2,1-2H3,(H,31,34). The van der Waals surface area contributed by atoms with Crippen LogP contribution in [0, 0.1) is 5.92 Å². The van der Waals surface area contributed by atoms with Crippen LogP contribution in [0.2, 0.25) is 0 Å². The van der Waals surface area contributed by atoms with E-state index < -0.39 is 20.7 Å². The topological polar surface area (TPSA) is 106 Å². The van der Waals surface area contributed by atoms with Gasteiger partial charge in [-0.15, -0.1) is 0 Å². The average Bonchev–Trinajstić information content (AvgIpc) is 3.55. The molecule has 2 saturated carbocycles. The van der Waals surface area contributed by atoms with E-state index in [0.717, 1.165) is 67.8 Å². The SMILES string of the molecule is COCC1CCN(c2cc(C(=O)NS(=O)(=O)C3(C)CC3)nc3c2c(C2CCC2)nn3-c2ccccc2)CC1. The fourth-order valence-corrected chi connectivity index (χ4v) is 6.76. The first-order valence-corrected chi connectivity index (χ1v) is 15.1. The van der Waals surface area contributed by atoms with Crippen molar-refractivity contribution in [1.82, 2.24) is 19.5 Å². The van der Waals surface area contributed by atoms with Gasteiger partial charge in [0.25, 0.3) is 5.91 Å². The minimum absolute atomic E-state index is 0.0941. The van der Waals surface area contributed by atoms with E-state index in [1.54, 1.807) is 20.1 Å². The maximum Gasteiger partial charge on any atom is 0.283 e. The van der Waals surface area contributed by atoms with Crippen LogP contribution < -0.4 is 9.62 Å². The number of amides is 1. The zero-order chi connectivity index (χ0) is 26.5. The Labute approximate surface area is 223 Å². The number of nitrogens with one attached hydrogen (secondary N) is 1. The fraction of sp³-hybridized carbons (Fsp3) is 0.536. The van der Waals surface area contributed by atoms with E-state index in [1.807, 2.05) is 35.0 Å². The van der Waals surface area contributed by atoms with E-state index in [0.29, 0.717) is 30.3 Å². The zero-order valence-electron chi connectivity index (χ0n) is 22.0. The molecule has 0 bridgehead atoms. The van der Waals surface area contributed by atoms with Crippen molar-refractivity contribution in [1.29, 1.82) is 0 Å². The van der Waals surface area contributed by atoms with Crippen LogP contribution in [0.3, 0.4) is 0 Å². The Kier molecular flexibility index (Phi) is 6.42. The number of aromatic nitrogens is 3. The van der Waals surface area contributed by atoms with E-state index in [-0.39, 0.29) is 5.69 Å². The molecule has 10 heteroatoms. The number of anilines is 1. The number of carbonyl (C=O) groups is 1. The van der Waals surface area contributed by atoms with E-state index in [4.69, 9.17) is 14.8 Å². The fourth-order valence-electron chi connectivity index (χ4n) is 5.52. The first kappa shape index (κ1) is 25.3. The lowest BCUT2D eigenvalue weighted by Gasteiger charge is -2.34. The van der Waals surface area contributed by atoms with Gasteiger partial charge in [-0.1, -0.05) is 24.6 Å². The van der Waals surface area contributed by atoms with Gasteiger partial charge in [-0.2, -0.15) is 5.10 Å². The summed E-state index contributed by atoms with van der Waals surface area (Å²) in [5, 5.41) is 6.03. The first-order valence-electron chi connectivity index (χ1n) is 13.6. The maximum absolute atomic E-state index is 13.4. The predicted molar refractivity (Wildman–Crippen MR) is 146 cm³/mol. The second-order valence-corrected chi connectivity index (χ2v) is 13.5. The number of hydrogen-bond acceptors (Lipinski definition) is 7. The summed E-state index contributed by atoms with van der Waals surface area (Å²) >= 11 is 0. The van der Waals surface area contributed by atoms with Gasteiger partial charge in [0.15, 0.2) is 5.65 Å². The molecule has 3 aliphatic rings. The number of nitrogens with zero attached hydrogens (tertiary/aromatic N) is 4. The summed E-state index contributed by atoms with van der Waals surface area (Å²) in [4.78, 5) is 20.5. The number of benzene rings is 1. The van der Waals surface area contributed by atoms with Crippen LogP contribution in [0.15, 0.2) is 36.4 Å². The van der Waals surface area contributed by atoms with E-state index >= 15 is 0 Å². The van der Waals surface area contributed by atoms with Gasteiger partial charge in [0, 0.05) is 32.7 Å². The minimum Gasteiger partial charge on any atom is -0.384 e. The highest BCUT2D eigenvalue weighted by Gasteiger charge is 2.51. The van der Waals surface area contributed by atoms with Crippen LogP contribution in [0.5, 0.6) is 0 Å². The van der Waals surface area contributed by atoms with Crippen molar-refractivity contribution in [3.8, 4) is 5.69 Å². The molecular formula is C28H35N5O4S. The number of methoxy groups -OCH3 is 1. The van der Waals surface area contributed by atoms with Gasteiger partial charge in [-0.05, 0) is 69.6 Å². The molecule has 202 valence electrons. The third-order valence-corrected chi connectivity index (χ3v) is 10.7. The molecule has 0 spiro atoms. The normalized spacial score (nSPS) is 19.9. The summed E-state index contributed by atoms with van der Waals surface area (Å²) in [6.45, 7) is 4.06. The number of piperidine rings is 1. The van der Waals surface area contributed by atoms with Gasteiger partial charge in [0.2, 0.25) is 10.0 Å². The van der Waals surface area contributed by atoms with Crippen molar-refractivity contribution in [3.63, 3.8) is 0 Å². The van der Waals surface area contributed by atoms with Crippen LogP contribution in [-0.4, -0.2) is 60.6 Å². The molecule has 0 atom stereocenters. The van der Waals surface area contributed by atoms with Gasteiger partial charge < -0.3 is 9.64 Å². The van der Waals surface area contributed by atoms with E-state index in [1.165, 1.54) is 6.42 Å². The molecule has 2 aliphatic carbocycles. The number of hydrogen-bond donors (Lipinski definition) is 1. The molecule has 0 radical (unpaired) electrons. The van der Waals surface area contributed by atoms with Gasteiger partial charge >= 0.3 is 0 Å². The number of sulfonamides is 1. The van der Waals surface area contributed by atoms with Crippen LogP contribution in [-0.2, 0) is 14.8 Å². The lowest BCUT2D eigenvalue weighted by Crippen LogP contribution is -2.39. The number of para-hydroxylation sites is 1. The highest BCUT2D eigenvalue weighted by atomic mass is 32.2. The third kappa shape index (κ3) is 4.47. The number of ether oxygens (including phenoxy) is 1. The van der Waals surface area contributed by atoms with Crippen molar-refractivity contribution in [2.45, 2.75) is 62.5 Å². The number of pyridine rings is 1. The molecule has 9 nitrogen and oxygen atoms in total. The van der Waals surface area contributed by atoms with E-state index in [2.05, 4.69) is 9.62 Å². The molecule has 1 amide bonds. The molecule has 3 heterocycles. The van der Waals surface area contributed by atoms with Crippen molar-refractivity contribution >= 4 is 32.7 Å². The average molecular weight is 538 g/mol. The van der Waals surface area contributed by atoms with Crippen molar-refractivity contribution in [3.05, 3.63) is 47.8 Å². The van der Waals surface area contributed by atoms with Gasteiger partial charge in [-0.25, -0.2) is 22.8 Å². The Morgan fingerprint density at radius 3 is 2.45 bits per heavy atom. The Bertz CT molecular complexity index is 1450. The molecule has 1 aromatic carbocycles. The Hall–Kier alpha value is -2.98. The lowest BCUT2D eigenvalue weighted by atomic mass is 9.82. The quantitative estimate of drug-likeness (QED) is 0.460. The minimum atomic E-state index is -3.79. The summed E-state index contributed by atoms with van der Waals surface area (Å²) in [6, 6.07) is 11.6. The zero-order valence-corrected chi connectivity index (χ0v) is 22.8. The van der Waals surface area contributed by atoms with Crippen molar-refractivity contribution in [2.24, 2.45) is 5.92 Å². The van der Waals surface area contributed by atoms with Crippen LogP contribution in [0.4, 0.5) is 5.69 Å². The number of rotatable bonds is 8. The highest BCUT2D eigenvalue weighted by Crippen LogP contribution is 2.44. The predicted octanol–water partition coefficient (Wildman–Crippen LogP) is 4.16. The molecule has 3 aromatic rings. The molecular weight excluding hydrogens is 502 g/mol. The smallest absolute Gasteiger partial charge is 0.283 e. The number of fused-ring (bicyclic) bond motifs is 1. The largest absolute Gasteiger partial charge is 0.384 e. The summed E-state index contributed by atoms with van der Waals surface area (Å²) in [7, 11) is -2.05. The maximum atomic E-state index is 13.4. The van der Waals surface area contributed by atoms with Crippen LogP contribution >= 0.6 is 0 Å². The second-order valence-electron chi connectivity index (χ2n) is 11.3. The second kappa shape index (κ2) is 9.64. The first-order chi connectivity index (χ1) is 18.3. The molecule has 38 heavy (non-hydrogen) atoms. The van der Waals surface area contributed by atoms with Crippen molar-refractivity contribution in [2.75, 3.05) is 31.7 Å². The monoisotopic (exact) mass is 537 g/mol. The lowest BCUT2D eigenvalue weighted by molar-refractivity contribution is 0.0976. The Morgan fingerprint density at radius 1 is 1.13 bits per heavy atom. The molecule has 1 aliphatic heterocycles. The summed E-state index contributed by atoms with van der Waals surface area (Å²) < 4.78 is 34.4. The van der Waals surface area contributed by atoms with Crippen LogP contribution in [0.1, 0.15) is 74.0 Å². The summed E-state index contributed by atoms with van der Waals surface area (Å²) in [5.74, 6) is 0.157. The highest BCUT2D eigenvalue weighted by molar-refractivity contribution is 7.91. The Morgan fingerprint density at radius 2 is 1.84 bits per heavy atom. The van der Waals surface area contributed by atoms with E-state index in [9.17, 15) is 13.2 Å². The van der Waals surface area contributed by atoms with Crippen LogP contribution in [0.25, 0.3) is 16.7 Å². The molecule has 6 rings (SSSR count). The summed E-state index contributed by atoms with van der Waals surface area (Å²) in [5.41, 5.74) is 3.47. The van der Waals surface area contributed by atoms with Crippen molar-refractivity contribution < 1.29 is 17.9 Å². The molecule has 0 unspecified atom stereocenters. The molecule has 1 saturated heterocycles. The molecule has 1 N–H and O–H groups in total. The number of carbonyl (C=O) groups excluding carboxylic acids is 1. The van der Waals surface area contributed by atoms with Gasteiger partial charge in [0.05, 0.1) is 27.2 Å². The molecule has 2 aromatic heterocycles. The van der Waals surface area contributed by atoms with Gasteiger partial charge in [0.1, 0.15) is 5.69 Å². The molecule has 3 fully saturated rings. The third-order valence-electron chi connectivity index (χ3n) is 8.56. The summed E-state index contributed by atoms with van der Waals surface area (Å²) in [6.07, 6.45) is 6.40. The Balaban J connectivity index is 1.48. The van der Waals surface area contributed by atoms with Gasteiger partial charge in [-0.3, -0.25) is 4.79 Å².